The van der Waals surface area contributed by atoms with Crippen molar-refractivity contribution in [2.75, 3.05) is 6.54 Å². The number of unbranched alkanes of at least 4 members (excludes halogenated alkanes) is 1. The minimum absolute atomic E-state index is 0.131. The monoisotopic (exact) mass is 170 g/mol. The SMILES string of the molecule is CCCC[C@H](/C=C/CN)C(N)=O. The summed E-state index contributed by atoms with van der Waals surface area (Å²) < 4.78 is 0. The second-order valence-corrected chi connectivity index (χ2v) is 2.81. The van der Waals surface area contributed by atoms with Gasteiger partial charge in [0.2, 0.25) is 5.91 Å². The summed E-state index contributed by atoms with van der Waals surface area (Å²) in [5.74, 6) is -0.387. The molecule has 70 valence electrons. The summed E-state index contributed by atoms with van der Waals surface area (Å²) in [6.45, 7) is 2.56. The molecule has 0 aliphatic carbocycles. The molecule has 3 heteroatoms. The first-order valence-corrected chi connectivity index (χ1v) is 4.38. The number of hydrogen-bond acceptors (Lipinski definition) is 2. The highest BCUT2D eigenvalue weighted by atomic mass is 16.1. The van der Waals surface area contributed by atoms with E-state index < -0.39 is 0 Å². The van der Waals surface area contributed by atoms with Gasteiger partial charge in [-0.25, -0.2) is 0 Å². The molecular formula is C9H18N2O. The van der Waals surface area contributed by atoms with Gasteiger partial charge >= 0.3 is 0 Å². The molecule has 1 amide bonds. The molecule has 0 radical (unpaired) electrons. The Bertz CT molecular complexity index is 155. The lowest BCUT2D eigenvalue weighted by molar-refractivity contribution is -0.120. The maximum absolute atomic E-state index is 10.8. The molecule has 4 N–H and O–H groups in total. The van der Waals surface area contributed by atoms with Crippen LogP contribution >= 0.6 is 0 Å². The fraction of sp³-hybridized carbons (Fsp3) is 0.667. The van der Waals surface area contributed by atoms with Crippen molar-refractivity contribution in [2.45, 2.75) is 26.2 Å². The molecule has 0 spiro atoms. The molecule has 1 atom stereocenters. The van der Waals surface area contributed by atoms with E-state index in [0.717, 1.165) is 19.3 Å². The Morgan fingerprint density at radius 2 is 2.25 bits per heavy atom. The summed E-state index contributed by atoms with van der Waals surface area (Å²) in [5.41, 5.74) is 10.5. The Morgan fingerprint density at radius 3 is 2.67 bits per heavy atom. The summed E-state index contributed by atoms with van der Waals surface area (Å²) in [6.07, 6.45) is 6.54. The topological polar surface area (TPSA) is 69.1 Å². The molecular weight excluding hydrogens is 152 g/mol. The van der Waals surface area contributed by atoms with Crippen molar-refractivity contribution in [3.8, 4) is 0 Å². The summed E-state index contributed by atoms with van der Waals surface area (Å²) in [7, 11) is 0. The molecule has 0 saturated heterocycles. The maximum Gasteiger partial charge on any atom is 0.224 e. The Morgan fingerprint density at radius 1 is 1.58 bits per heavy atom. The number of carbonyl (C=O) groups is 1. The van der Waals surface area contributed by atoms with Crippen LogP contribution in [0.3, 0.4) is 0 Å². The number of amides is 1. The zero-order valence-electron chi connectivity index (χ0n) is 7.62. The smallest absolute Gasteiger partial charge is 0.224 e. The minimum Gasteiger partial charge on any atom is -0.369 e. The van der Waals surface area contributed by atoms with Crippen molar-refractivity contribution >= 4 is 5.91 Å². The second kappa shape index (κ2) is 6.85. The lowest BCUT2D eigenvalue weighted by Crippen LogP contribution is -2.21. The fourth-order valence-electron chi connectivity index (χ4n) is 1.00. The van der Waals surface area contributed by atoms with Gasteiger partial charge < -0.3 is 11.5 Å². The van der Waals surface area contributed by atoms with Gasteiger partial charge in [0.25, 0.3) is 0 Å². The number of carbonyl (C=O) groups excluding carboxylic acids is 1. The second-order valence-electron chi connectivity index (χ2n) is 2.81. The third kappa shape index (κ3) is 4.91. The van der Waals surface area contributed by atoms with Gasteiger partial charge in [-0.2, -0.15) is 0 Å². The van der Waals surface area contributed by atoms with Gasteiger partial charge in [0, 0.05) is 6.54 Å². The maximum atomic E-state index is 10.8. The van der Waals surface area contributed by atoms with Gasteiger partial charge in [-0.05, 0) is 6.42 Å². The number of rotatable bonds is 6. The van der Waals surface area contributed by atoms with E-state index in [1.165, 1.54) is 0 Å². The highest BCUT2D eigenvalue weighted by Gasteiger charge is 2.09. The van der Waals surface area contributed by atoms with E-state index in [9.17, 15) is 4.79 Å². The van der Waals surface area contributed by atoms with Crippen molar-refractivity contribution in [1.82, 2.24) is 0 Å². The van der Waals surface area contributed by atoms with E-state index in [-0.39, 0.29) is 11.8 Å². The molecule has 12 heavy (non-hydrogen) atoms. The standard InChI is InChI=1S/C9H18N2O/c1-2-3-5-8(9(11)12)6-4-7-10/h4,6,8H,2-3,5,7,10H2,1H3,(H2,11,12)/b6-4+/t8-/m1/s1. The molecule has 0 saturated carbocycles. The van der Waals surface area contributed by atoms with E-state index in [1.54, 1.807) is 12.2 Å². The third-order valence-corrected chi connectivity index (χ3v) is 1.74. The molecule has 0 aromatic heterocycles. The minimum atomic E-state index is -0.256. The Labute approximate surface area is 73.8 Å². The molecule has 0 aromatic rings. The summed E-state index contributed by atoms with van der Waals surface area (Å²) in [6, 6.07) is 0. The van der Waals surface area contributed by atoms with Crippen LogP contribution in [0.5, 0.6) is 0 Å². The molecule has 3 nitrogen and oxygen atoms in total. The predicted molar refractivity (Wildman–Crippen MR) is 50.4 cm³/mol. The molecule has 0 rings (SSSR count). The van der Waals surface area contributed by atoms with Crippen LogP contribution in [0.25, 0.3) is 0 Å². The Balaban J connectivity index is 3.86. The van der Waals surface area contributed by atoms with Crippen molar-refractivity contribution in [1.29, 1.82) is 0 Å². The first-order valence-electron chi connectivity index (χ1n) is 4.38. The van der Waals surface area contributed by atoms with Crippen LogP contribution in [-0.4, -0.2) is 12.5 Å². The van der Waals surface area contributed by atoms with Gasteiger partial charge in [-0.15, -0.1) is 0 Å². The fourth-order valence-corrected chi connectivity index (χ4v) is 1.00. The van der Waals surface area contributed by atoms with Crippen molar-refractivity contribution in [2.24, 2.45) is 17.4 Å². The number of nitrogens with two attached hydrogens (primary N) is 2. The zero-order valence-corrected chi connectivity index (χ0v) is 7.62. The highest BCUT2D eigenvalue weighted by Crippen LogP contribution is 2.08. The van der Waals surface area contributed by atoms with Gasteiger partial charge in [-0.3, -0.25) is 4.79 Å². The van der Waals surface area contributed by atoms with Crippen LogP contribution < -0.4 is 11.5 Å². The van der Waals surface area contributed by atoms with Crippen LogP contribution in [0.4, 0.5) is 0 Å². The Hall–Kier alpha value is -0.830. The normalized spacial score (nSPS) is 13.5. The number of primary amides is 1. The summed E-state index contributed by atoms with van der Waals surface area (Å²) in [5, 5.41) is 0. The number of hydrogen-bond donors (Lipinski definition) is 2. The van der Waals surface area contributed by atoms with Crippen LogP contribution in [0.2, 0.25) is 0 Å². The van der Waals surface area contributed by atoms with E-state index in [1.807, 2.05) is 0 Å². The third-order valence-electron chi connectivity index (χ3n) is 1.74. The molecule has 0 aliphatic rings. The zero-order chi connectivity index (χ0) is 9.40. The molecule has 0 bridgehead atoms. The highest BCUT2D eigenvalue weighted by molar-refractivity contribution is 5.78. The molecule has 0 fully saturated rings. The molecule has 0 unspecified atom stereocenters. The lowest BCUT2D eigenvalue weighted by atomic mass is 10.0. The van der Waals surface area contributed by atoms with Gasteiger partial charge in [-0.1, -0.05) is 31.9 Å². The van der Waals surface area contributed by atoms with Crippen LogP contribution in [0.1, 0.15) is 26.2 Å². The van der Waals surface area contributed by atoms with Gasteiger partial charge in [0.15, 0.2) is 0 Å². The quantitative estimate of drug-likeness (QED) is 0.579. The first kappa shape index (κ1) is 11.2. The largest absolute Gasteiger partial charge is 0.369 e. The summed E-state index contributed by atoms with van der Waals surface area (Å²) >= 11 is 0. The van der Waals surface area contributed by atoms with Crippen LogP contribution in [0, 0.1) is 5.92 Å². The molecule has 0 heterocycles. The molecule has 0 aliphatic heterocycles. The van der Waals surface area contributed by atoms with Crippen LogP contribution in [0.15, 0.2) is 12.2 Å². The average molecular weight is 170 g/mol. The van der Waals surface area contributed by atoms with Crippen molar-refractivity contribution in [3.63, 3.8) is 0 Å². The van der Waals surface area contributed by atoms with Crippen LogP contribution in [-0.2, 0) is 4.79 Å². The van der Waals surface area contributed by atoms with E-state index in [2.05, 4.69) is 6.92 Å². The Kier molecular flexibility index (Phi) is 6.38. The molecule has 0 aromatic carbocycles. The van der Waals surface area contributed by atoms with E-state index in [4.69, 9.17) is 11.5 Å². The average Bonchev–Trinajstić information content (AvgIpc) is 2.04. The predicted octanol–water partition coefficient (Wildman–Crippen LogP) is 0.793. The van der Waals surface area contributed by atoms with Gasteiger partial charge in [0.05, 0.1) is 5.92 Å². The van der Waals surface area contributed by atoms with Crippen molar-refractivity contribution in [3.05, 3.63) is 12.2 Å². The summed E-state index contributed by atoms with van der Waals surface area (Å²) in [4.78, 5) is 10.8. The van der Waals surface area contributed by atoms with Crippen molar-refractivity contribution < 1.29 is 4.79 Å². The van der Waals surface area contributed by atoms with E-state index in [0.29, 0.717) is 6.54 Å². The lowest BCUT2D eigenvalue weighted by Gasteiger charge is -2.06. The van der Waals surface area contributed by atoms with Gasteiger partial charge in [0.1, 0.15) is 0 Å². The van der Waals surface area contributed by atoms with E-state index >= 15 is 0 Å². The first-order chi connectivity index (χ1) is 5.72.